The molecule has 1 heterocycles. The van der Waals surface area contributed by atoms with Gasteiger partial charge in [0.05, 0.1) is 6.26 Å². The van der Waals surface area contributed by atoms with Gasteiger partial charge in [0.15, 0.2) is 0 Å². The Balaban J connectivity index is 2.69. The standard InChI is InChI=1S/C12H18N4O5S/c1-9(12(18)19)14-11(17)10(7-13)8-15-3-5-16(6-4-15)22(2,20)21/h8-9H,3-6H2,1-2H3,(H,14,17)(H,18,19)/b10-8-. The first kappa shape index (κ1) is 17.9. The topological polar surface area (TPSA) is 131 Å². The van der Waals surface area contributed by atoms with Crippen LogP contribution in [-0.2, 0) is 19.6 Å². The van der Waals surface area contributed by atoms with Crippen molar-refractivity contribution in [2.75, 3.05) is 32.4 Å². The van der Waals surface area contributed by atoms with Crippen LogP contribution in [0.5, 0.6) is 0 Å². The fourth-order valence-electron chi connectivity index (χ4n) is 1.82. The summed E-state index contributed by atoms with van der Waals surface area (Å²) < 4.78 is 24.1. The molecule has 0 radical (unpaired) electrons. The van der Waals surface area contributed by atoms with Crippen molar-refractivity contribution in [3.8, 4) is 6.07 Å². The molecule has 122 valence electrons. The van der Waals surface area contributed by atoms with Gasteiger partial charge in [-0.15, -0.1) is 0 Å². The third-order valence-corrected chi connectivity index (χ3v) is 4.44. The van der Waals surface area contributed by atoms with Crippen molar-refractivity contribution >= 4 is 21.9 Å². The third-order valence-electron chi connectivity index (χ3n) is 3.14. The molecule has 1 atom stereocenters. The maximum absolute atomic E-state index is 11.8. The first-order valence-electron chi connectivity index (χ1n) is 6.50. The van der Waals surface area contributed by atoms with Crippen molar-refractivity contribution in [3.05, 3.63) is 11.8 Å². The molecule has 22 heavy (non-hydrogen) atoms. The Kier molecular flexibility index (Phi) is 5.90. The average Bonchev–Trinajstić information content (AvgIpc) is 2.43. The molecular formula is C12H18N4O5S. The minimum Gasteiger partial charge on any atom is -0.480 e. The fraction of sp³-hybridized carbons (Fsp3) is 0.583. The number of hydrogen-bond acceptors (Lipinski definition) is 6. The highest BCUT2D eigenvalue weighted by Crippen LogP contribution is 2.08. The molecule has 1 aliphatic heterocycles. The Morgan fingerprint density at radius 3 is 2.27 bits per heavy atom. The zero-order valence-electron chi connectivity index (χ0n) is 12.3. The minimum absolute atomic E-state index is 0.221. The molecule has 9 nitrogen and oxygen atoms in total. The van der Waals surface area contributed by atoms with Crippen molar-refractivity contribution in [1.82, 2.24) is 14.5 Å². The number of rotatable bonds is 5. The van der Waals surface area contributed by atoms with Crippen LogP contribution in [0.3, 0.4) is 0 Å². The van der Waals surface area contributed by atoms with Gasteiger partial charge in [0.1, 0.15) is 17.7 Å². The molecule has 0 aromatic heterocycles. The zero-order chi connectivity index (χ0) is 16.9. The molecule has 0 aliphatic carbocycles. The number of aliphatic carboxylic acids is 1. The Morgan fingerprint density at radius 2 is 1.86 bits per heavy atom. The van der Waals surface area contributed by atoms with E-state index >= 15 is 0 Å². The van der Waals surface area contributed by atoms with E-state index in [-0.39, 0.29) is 18.7 Å². The summed E-state index contributed by atoms with van der Waals surface area (Å²) >= 11 is 0. The van der Waals surface area contributed by atoms with Crippen LogP contribution < -0.4 is 5.32 Å². The second kappa shape index (κ2) is 7.24. The molecule has 0 aromatic carbocycles. The summed E-state index contributed by atoms with van der Waals surface area (Å²) in [5, 5.41) is 19.9. The number of amides is 1. The van der Waals surface area contributed by atoms with Gasteiger partial charge in [0.25, 0.3) is 5.91 Å². The van der Waals surface area contributed by atoms with E-state index in [0.717, 1.165) is 6.26 Å². The summed E-state index contributed by atoms with van der Waals surface area (Å²) in [5.74, 6) is -1.98. The Labute approximate surface area is 128 Å². The van der Waals surface area contributed by atoms with Gasteiger partial charge in [-0.3, -0.25) is 9.59 Å². The first-order chi connectivity index (χ1) is 10.1. The monoisotopic (exact) mass is 330 g/mol. The smallest absolute Gasteiger partial charge is 0.325 e. The molecule has 1 fully saturated rings. The number of carboxylic acids is 1. The van der Waals surface area contributed by atoms with Gasteiger partial charge in [-0.2, -0.15) is 9.57 Å². The van der Waals surface area contributed by atoms with Crippen LogP contribution in [0.4, 0.5) is 0 Å². The molecule has 1 aliphatic rings. The van der Waals surface area contributed by atoms with Gasteiger partial charge in [-0.25, -0.2) is 8.42 Å². The number of carbonyl (C=O) groups is 2. The van der Waals surface area contributed by atoms with Gasteiger partial charge in [0, 0.05) is 32.4 Å². The second-order valence-electron chi connectivity index (χ2n) is 4.89. The molecule has 1 saturated heterocycles. The van der Waals surface area contributed by atoms with E-state index in [1.54, 1.807) is 11.0 Å². The van der Waals surface area contributed by atoms with E-state index < -0.39 is 27.9 Å². The predicted molar refractivity (Wildman–Crippen MR) is 76.9 cm³/mol. The predicted octanol–water partition coefficient (Wildman–Crippen LogP) is -1.44. The summed E-state index contributed by atoms with van der Waals surface area (Å²) in [6.07, 6.45) is 2.45. The minimum atomic E-state index is -3.25. The summed E-state index contributed by atoms with van der Waals surface area (Å²) in [6, 6.07) is 0.612. The van der Waals surface area contributed by atoms with E-state index in [1.165, 1.54) is 17.4 Å². The third kappa shape index (κ3) is 5.01. The van der Waals surface area contributed by atoms with E-state index in [2.05, 4.69) is 5.32 Å². The van der Waals surface area contributed by atoms with Crippen LogP contribution in [0.15, 0.2) is 11.8 Å². The lowest BCUT2D eigenvalue weighted by atomic mass is 10.2. The SMILES string of the molecule is CC(NC(=O)/C(C#N)=C\N1CCN(S(C)(=O)=O)CC1)C(=O)O. The lowest BCUT2D eigenvalue weighted by molar-refractivity contribution is -0.140. The number of hydrogen-bond donors (Lipinski definition) is 2. The summed E-state index contributed by atoms with van der Waals surface area (Å²) in [7, 11) is -3.25. The van der Waals surface area contributed by atoms with Crippen LogP contribution in [0.25, 0.3) is 0 Å². The Morgan fingerprint density at radius 1 is 1.32 bits per heavy atom. The molecule has 0 aromatic rings. The van der Waals surface area contributed by atoms with Gasteiger partial charge in [0.2, 0.25) is 10.0 Å². The Bertz CT molecular complexity index is 614. The maximum Gasteiger partial charge on any atom is 0.325 e. The molecule has 0 spiro atoms. The van der Waals surface area contributed by atoms with Gasteiger partial charge in [-0.1, -0.05) is 0 Å². The number of carbonyl (C=O) groups excluding carboxylic acids is 1. The first-order valence-corrected chi connectivity index (χ1v) is 8.34. The average molecular weight is 330 g/mol. The van der Waals surface area contributed by atoms with E-state index in [0.29, 0.717) is 13.1 Å². The number of nitrogens with zero attached hydrogens (tertiary/aromatic N) is 3. The molecule has 2 N–H and O–H groups in total. The highest BCUT2D eigenvalue weighted by molar-refractivity contribution is 7.88. The second-order valence-corrected chi connectivity index (χ2v) is 6.87. The van der Waals surface area contributed by atoms with Gasteiger partial charge in [-0.05, 0) is 6.92 Å². The molecular weight excluding hydrogens is 312 g/mol. The summed E-state index contributed by atoms with van der Waals surface area (Å²) in [4.78, 5) is 24.1. The highest BCUT2D eigenvalue weighted by Gasteiger charge is 2.23. The fourth-order valence-corrected chi connectivity index (χ4v) is 2.65. The quantitative estimate of drug-likeness (QED) is 0.466. The molecule has 1 unspecified atom stereocenters. The molecule has 0 bridgehead atoms. The van der Waals surface area contributed by atoms with E-state index in [4.69, 9.17) is 10.4 Å². The number of nitrogens with one attached hydrogen (secondary N) is 1. The van der Waals surface area contributed by atoms with E-state index in [9.17, 15) is 18.0 Å². The van der Waals surface area contributed by atoms with Crippen LogP contribution in [-0.4, -0.2) is 73.1 Å². The number of sulfonamides is 1. The molecule has 1 rings (SSSR count). The largest absolute Gasteiger partial charge is 0.480 e. The molecule has 1 amide bonds. The molecule has 0 saturated carbocycles. The van der Waals surface area contributed by atoms with Crippen LogP contribution in [0.1, 0.15) is 6.92 Å². The van der Waals surface area contributed by atoms with E-state index in [1.807, 2.05) is 0 Å². The van der Waals surface area contributed by atoms with Gasteiger partial charge < -0.3 is 15.3 Å². The highest BCUT2D eigenvalue weighted by atomic mass is 32.2. The summed E-state index contributed by atoms with van der Waals surface area (Å²) in [5.41, 5.74) is -0.221. The summed E-state index contributed by atoms with van der Waals surface area (Å²) in [6.45, 7) is 2.52. The maximum atomic E-state index is 11.8. The van der Waals surface area contributed by atoms with Crippen molar-refractivity contribution in [2.24, 2.45) is 0 Å². The van der Waals surface area contributed by atoms with Crippen molar-refractivity contribution < 1.29 is 23.1 Å². The van der Waals surface area contributed by atoms with Crippen LogP contribution in [0, 0.1) is 11.3 Å². The van der Waals surface area contributed by atoms with Gasteiger partial charge >= 0.3 is 5.97 Å². The van der Waals surface area contributed by atoms with Crippen molar-refractivity contribution in [3.63, 3.8) is 0 Å². The number of nitriles is 1. The number of piperazine rings is 1. The number of carboxylic acid groups (broad SMARTS) is 1. The normalized spacial score (nSPS) is 18.4. The van der Waals surface area contributed by atoms with Crippen LogP contribution >= 0.6 is 0 Å². The lowest BCUT2D eigenvalue weighted by Gasteiger charge is -2.32. The lowest BCUT2D eigenvalue weighted by Crippen LogP contribution is -2.46. The zero-order valence-corrected chi connectivity index (χ0v) is 13.1. The molecule has 10 heteroatoms. The Hall–Kier alpha value is -2.12. The van der Waals surface area contributed by atoms with Crippen molar-refractivity contribution in [2.45, 2.75) is 13.0 Å². The van der Waals surface area contributed by atoms with Crippen molar-refractivity contribution in [1.29, 1.82) is 5.26 Å². The van der Waals surface area contributed by atoms with Crippen LogP contribution in [0.2, 0.25) is 0 Å².